The van der Waals surface area contributed by atoms with Gasteiger partial charge in [0.2, 0.25) is 0 Å². The Hall–Kier alpha value is -1.80. The van der Waals surface area contributed by atoms with Gasteiger partial charge in [-0.05, 0) is 37.2 Å². The van der Waals surface area contributed by atoms with Gasteiger partial charge in [0.05, 0.1) is 5.97 Å². The van der Waals surface area contributed by atoms with Gasteiger partial charge in [-0.2, -0.15) is 0 Å². The molecule has 1 rings (SSSR count). The molecule has 0 aliphatic heterocycles. The number of halogens is 2. The van der Waals surface area contributed by atoms with E-state index in [0.717, 1.165) is 6.92 Å². The van der Waals surface area contributed by atoms with E-state index >= 15 is 0 Å². The van der Waals surface area contributed by atoms with Gasteiger partial charge in [0.15, 0.2) is 8.32 Å². The average Bonchev–Trinajstić information content (AvgIpc) is 2.64. The van der Waals surface area contributed by atoms with Crippen LogP contribution < -0.4 is 10.4 Å². The van der Waals surface area contributed by atoms with Crippen molar-refractivity contribution < 1.29 is 27.9 Å². The molecule has 26 heavy (non-hydrogen) atoms. The van der Waals surface area contributed by atoms with Gasteiger partial charge in [-0.15, -0.1) is 0 Å². The number of amides is 1. The molecular formula is C18H26F2NO4Si-. The highest BCUT2D eigenvalue weighted by molar-refractivity contribution is 6.73. The number of rotatable bonds is 10. The van der Waals surface area contributed by atoms with Crippen molar-refractivity contribution in [1.82, 2.24) is 5.32 Å². The lowest BCUT2D eigenvalue weighted by molar-refractivity contribution is -0.325. The predicted molar refractivity (Wildman–Crippen MR) is 95.4 cm³/mol. The van der Waals surface area contributed by atoms with Gasteiger partial charge in [0.25, 0.3) is 12.3 Å². The second-order valence-corrected chi connectivity index (χ2v) is 11.1. The van der Waals surface area contributed by atoms with E-state index in [0.29, 0.717) is 18.1 Å². The van der Waals surface area contributed by atoms with Crippen LogP contribution in [0.25, 0.3) is 0 Å². The summed E-state index contributed by atoms with van der Waals surface area (Å²) in [7, 11) is -2.56. The molecule has 146 valence electrons. The normalized spacial score (nSPS) is 15.3. The van der Waals surface area contributed by atoms with Crippen molar-refractivity contribution >= 4 is 20.2 Å². The Kier molecular flexibility index (Phi) is 7.89. The Balaban J connectivity index is 3.23. The minimum absolute atomic E-state index is 0.156. The standard InChI is InChI=1S/C18H27F2NO4Si/c1-5-26(6-2,7-3)25-18(4,17(23)24)14(15(19)20)21-16(22)13-11-9-8-10-12-13/h8-12,14-15H,5-7H2,1-4H3,(H,21,22)(H,23,24)/p-1/t14-,18+/m0/s1. The second-order valence-electron chi connectivity index (χ2n) is 6.39. The lowest BCUT2D eigenvalue weighted by Crippen LogP contribution is -2.67. The van der Waals surface area contributed by atoms with E-state index in [1.807, 2.05) is 20.8 Å². The van der Waals surface area contributed by atoms with Crippen LogP contribution in [0.5, 0.6) is 0 Å². The lowest BCUT2D eigenvalue weighted by Gasteiger charge is -2.45. The predicted octanol–water partition coefficient (Wildman–Crippen LogP) is 2.58. The van der Waals surface area contributed by atoms with E-state index < -0.39 is 38.3 Å². The first-order valence-electron chi connectivity index (χ1n) is 8.71. The Morgan fingerprint density at radius 3 is 2.04 bits per heavy atom. The average molecular weight is 386 g/mol. The van der Waals surface area contributed by atoms with Crippen LogP contribution in [0.1, 0.15) is 38.1 Å². The van der Waals surface area contributed by atoms with Crippen LogP contribution in [0.3, 0.4) is 0 Å². The molecule has 0 saturated heterocycles. The first-order valence-corrected chi connectivity index (χ1v) is 11.2. The van der Waals surface area contributed by atoms with Gasteiger partial charge in [-0.1, -0.05) is 39.0 Å². The molecule has 0 radical (unpaired) electrons. The molecule has 0 unspecified atom stereocenters. The summed E-state index contributed by atoms with van der Waals surface area (Å²) in [5.74, 6) is -2.55. The number of carbonyl (C=O) groups is 2. The maximum atomic E-state index is 13.7. The highest BCUT2D eigenvalue weighted by Crippen LogP contribution is 2.31. The Labute approximate surface area is 153 Å². The number of hydrogen-bond donors (Lipinski definition) is 1. The summed E-state index contributed by atoms with van der Waals surface area (Å²) >= 11 is 0. The molecule has 0 saturated carbocycles. The van der Waals surface area contributed by atoms with Crippen LogP contribution >= 0.6 is 0 Å². The molecule has 0 bridgehead atoms. The molecule has 0 fully saturated rings. The summed E-state index contributed by atoms with van der Waals surface area (Å²) in [5, 5.41) is 13.9. The fraction of sp³-hybridized carbons (Fsp3) is 0.556. The van der Waals surface area contributed by atoms with E-state index in [2.05, 4.69) is 5.32 Å². The third-order valence-corrected chi connectivity index (χ3v) is 9.66. The van der Waals surface area contributed by atoms with E-state index in [4.69, 9.17) is 4.43 Å². The van der Waals surface area contributed by atoms with Crippen molar-refractivity contribution in [1.29, 1.82) is 0 Å². The van der Waals surface area contributed by atoms with Gasteiger partial charge >= 0.3 is 0 Å². The molecule has 2 atom stereocenters. The van der Waals surface area contributed by atoms with Crippen molar-refractivity contribution in [3.63, 3.8) is 0 Å². The number of aliphatic carboxylic acids is 1. The molecule has 0 heterocycles. The van der Waals surface area contributed by atoms with Crippen LogP contribution in [0.4, 0.5) is 8.78 Å². The maximum Gasteiger partial charge on any atom is 0.261 e. The smallest absolute Gasteiger partial charge is 0.261 e. The van der Waals surface area contributed by atoms with Crippen LogP contribution in [0.15, 0.2) is 30.3 Å². The van der Waals surface area contributed by atoms with Gasteiger partial charge in [-0.3, -0.25) is 4.79 Å². The molecule has 0 aromatic heterocycles. The monoisotopic (exact) mass is 386 g/mol. The third kappa shape index (κ3) is 4.88. The zero-order valence-corrected chi connectivity index (χ0v) is 16.6. The van der Waals surface area contributed by atoms with Crippen molar-refractivity contribution in [2.45, 2.75) is 63.9 Å². The number of alkyl halides is 2. The summed E-state index contributed by atoms with van der Waals surface area (Å²) in [4.78, 5) is 24.1. The fourth-order valence-electron chi connectivity index (χ4n) is 2.90. The lowest BCUT2D eigenvalue weighted by atomic mass is 9.96. The number of carboxylic acid groups (broad SMARTS) is 1. The Morgan fingerprint density at radius 2 is 1.65 bits per heavy atom. The maximum absolute atomic E-state index is 13.7. The highest BCUT2D eigenvalue weighted by Gasteiger charge is 2.48. The minimum atomic E-state index is -3.14. The number of carboxylic acids is 1. The zero-order valence-electron chi connectivity index (χ0n) is 15.6. The molecule has 0 spiro atoms. The molecule has 1 amide bonds. The van der Waals surface area contributed by atoms with E-state index in [1.165, 1.54) is 12.1 Å². The first-order chi connectivity index (χ1) is 12.2. The Morgan fingerprint density at radius 1 is 1.15 bits per heavy atom. The van der Waals surface area contributed by atoms with Gasteiger partial charge in [0.1, 0.15) is 11.6 Å². The van der Waals surface area contributed by atoms with Crippen molar-refractivity contribution in [2.75, 3.05) is 0 Å². The molecule has 5 nitrogen and oxygen atoms in total. The fourth-order valence-corrected chi connectivity index (χ4v) is 5.95. The topological polar surface area (TPSA) is 78.5 Å². The third-order valence-electron chi connectivity index (χ3n) is 4.93. The van der Waals surface area contributed by atoms with Crippen LogP contribution in [0, 0.1) is 0 Å². The molecule has 1 aromatic rings. The van der Waals surface area contributed by atoms with Crippen LogP contribution in [0.2, 0.25) is 18.1 Å². The molecule has 1 aromatic carbocycles. The number of benzene rings is 1. The summed E-state index contributed by atoms with van der Waals surface area (Å²) in [5.41, 5.74) is -2.17. The minimum Gasteiger partial charge on any atom is -0.547 e. The zero-order chi connectivity index (χ0) is 20.0. The summed E-state index contributed by atoms with van der Waals surface area (Å²) in [6.45, 7) is 6.63. The SMILES string of the molecule is CC[Si](CC)(CC)O[C@@](C)(C(=O)[O-])[C@@H](NC(=O)c1ccccc1)C(F)F. The van der Waals surface area contributed by atoms with E-state index in [9.17, 15) is 23.5 Å². The summed E-state index contributed by atoms with van der Waals surface area (Å²) in [6.07, 6.45) is -3.14. The second kappa shape index (κ2) is 9.23. The number of nitrogens with one attached hydrogen (secondary N) is 1. The van der Waals surface area contributed by atoms with Gasteiger partial charge in [-0.25, -0.2) is 8.78 Å². The Bertz CT molecular complexity index is 602. The summed E-state index contributed by atoms with van der Waals surface area (Å²) in [6, 6.07) is 7.46. The van der Waals surface area contributed by atoms with Crippen LogP contribution in [-0.2, 0) is 9.22 Å². The molecule has 0 aliphatic carbocycles. The largest absolute Gasteiger partial charge is 0.547 e. The van der Waals surface area contributed by atoms with Crippen molar-refractivity contribution in [3.05, 3.63) is 35.9 Å². The molecular weight excluding hydrogens is 360 g/mol. The first kappa shape index (κ1) is 22.2. The van der Waals surface area contributed by atoms with E-state index in [-0.39, 0.29) is 5.56 Å². The van der Waals surface area contributed by atoms with Crippen LogP contribution in [-0.4, -0.2) is 38.3 Å². The summed E-state index contributed by atoms with van der Waals surface area (Å²) < 4.78 is 33.4. The number of hydrogen-bond acceptors (Lipinski definition) is 4. The molecule has 1 N–H and O–H groups in total. The molecule has 0 aliphatic rings. The van der Waals surface area contributed by atoms with Gasteiger partial charge in [0, 0.05) is 5.56 Å². The van der Waals surface area contributed by atoms with E-state index in [1.54, 1.807) is 18.2 Å². The highest BCUT2D eigenvalue weighted by atomic mass is 28.4. The molecule has 8 heteroatoms. The quantitative estimate of drug-likeness (QED) is 0.627. The van der Waals surface area contributed by atoms with Gasteiger partial charge < -0.3 is 19.6 Å². The van der Waals surface area contributed by atoms with Crippen molar-refractivity contribution in [2.24, 2.45) is 0 Å². The number of carbonyl (C=O) groups excluding carboxylic acids is 2. The van der Waals surface area contributed by atoms with Crippen molar-refractivity contribution in [3.8, 4) is 0 Å².